The van der Waals surface area contributed by atoms with E-state index in [0.717, 1.165) is 36.5 Å². The lowest BCUT2D eigenvalue weighted by molar-refractivity contribution is 0.281. The molecule has 3 N–H and O–H groups in total. The summed E-state index contributed by atoms with van der Waals surface area (Å²) >= 11 is 0. The fraction of sp³-hybridized carbons (Fsp3) is 0.308. The molecular weight excluding hydrogens is 214 g/mol. The number of aliphatic hydroxyl groups is 1. The molecule has 0 radical (unpaired) electrons. The second-order valence-corrected chi connectivity index (χ2v) is 4.00. The largest absolute Gasteiger partial charge is 0.399 e. The number of aryl methyl sites for hydroxylation is 1. The summed E-state index contributed by atoms with van der Waals surface area (Å²) in [5, 5.41) is 8.78. The first-order chi connectivity index (χ1) is 8.31. The Morgan fingerprint density at radius 3 is 2.94 bits per heavy atom. The van der Waals surface area contributed by atoms with Crippen LogP contribution in [0.5, 0.6) is 0 Å². The third kappa shape index (κ3) is 2.85. The number of benzene rings is 1. The zero-order valence-electron chi connectivity index (χ0n) is 9.71. The number of nitrogen functional groups attached to an aromatic ring is 1. The van der Waals surface area contributed by atoms with Crippen LogP contribution in [-0.4, -0.2) is 21.3 Å². The van der Waals surface area contributed by atoms with Gasteiger partial charge in [0.25, 0.3) is 0 Å². The summed E-state index contributed by atoms with van der Waals surface area (Å²) in [5.41, 5.74) is 7.54. The Morgan fingerprint density at radius 2 is 2.18 bits per heavy atom. The number of rotatable bonds is 5. The lowest BCUT2D eigenvalue weighted by Crippen LogP contribution is -2.00. The molecule has 0 fully saturated rings. The van der Waals surface area contributed by atoms with Crippen LogP contribution >= 0.6 is 0 Å². The van der Waals surface area contributed by atoms with E-state index in [4.69, 9.17) is 10.8 Å². The number of nitrogens with two attached hydrogens (primary N) is 1. The molecule has 0 saturated carbocycles. The highest BCUT2D eigenvalue weighted by Crippen LogP contribution is 2.20. The van der Waals surface area contributed by atoms with Gasteiger partial charge < -0.3 is 15.4 Å². The molecule has 4 nitrogen and oxygen atoms in total. The Kier molecular flexibility index (Phi) is 3.77. The van der Waals surface area contributed by atoms with E-state index in [0.29, 0.717) is 0 Å². The molecule has 0 amide bonds. The number of hydrogen-bond acceptors (Lipinski definition) is 3. The quantitative estimate of drug-likeness (QED) is 0.610. The van der Waals surface area contributed by atoms with Gasteiger partial charge in [0.2, 0.25) is 0 Å². The average molecular weight is 231 g/mol. The standard InChI is InChI=1S/C13H17N3O/c14-12-5-3-4-11(10-12)13-15-6-8-16(13)7-1-2-9-17/h3-6,8,10,17H,1-2,7,9,14H2. The molecule has 0 aliphatic heterocycles. The topological polar surface area (TPSA) is 64.1 Å². The lowest BCUT2D eigenvalue weighted by Gasteiger charge is -2.07. The van der Waals surface area contributed by atoms with Crippen molar-refractivity contribution in [3.05, 3.63) is 36.7 Å². The van der Waals surface area contributed by atoms with Crippen LogP contribution in [0.25, 0.3) is 11.4 Å². The van der Waals surface area contributed by atoms with Crippen molar-refractivity contribution in [2.45, 2.75) is 19.4 Å². The van der Waals surface area contributed by atoms with Crippen molar-refractivity contribution >= 4 is 5.69 Å². The minimum absolute atomic E-state index is 0.238. The first kappa shape index (κ1) is 11.7. The zero-order valence-corrected chi connectivity index (χ0v) is 9.71. The molecule has 17 heavy (non-hydrogen) atoms. The van der Waals surface area contributed by atoms with Gasteiger partial charge in [0, 0.05) is 36.8 Å². The molecule has 90 valence electrons. The summed E-state index contributed by atoms with van der Waals surface area (Å²) in [5.74, 6) is 0.926. The Morgan fingerprint density at radius 1 is 1.29 bits per heavy atom. The van der Waals surface area contributed by atoms with Gasteiger partial charge >= 0.3 is 0 Å². The molecule has 0 aliphatic rings. The minimum Gasteiger partial charge on any atom is -0.399 e. The maximum absolute atomic E-state index is 8.78. The van der Waals surface area contributed by atoms with E-state index in [-0.39, 0.29) is 6.61 Å². The molecule has 2 aromatic rings. The summed E-state index contributed by atoms with van der Waals surface area (Å²) in [4.78, 5) is 4.35. The number of aliphatic hydroxyl groups excluding tert-OH is 1. The number of aromatic nitrogens is 2. The van der Waals surface area contributed by atoms with E-state index in [1.165, 1.54) is 0 Å². The molecule has 0 bridgehead atoms. The molecular formula is C13H17N3O. The van der Waals surface area contributed by atoms with E-state index in [1.807, 2.05) is 30.5 Å². The van der Waals surface area contributed by atoms with Gasteiger partial charge in [-0.1, -0.05) is 12.1 Å². The van der Waals surface area contributed by atoms with Crippen molar-refractivity contribution in [1.29, 1.82) is 0 Å². The molecule has 0 spiro atoms. The molecule has 1 heterocycles. The van der Waals surface area contributed by atoms with Crippen LogP contribution in [0.1, 0.15) is 12.8 Å². The first-order valence-corrected chi connectivity index (χ1v) is 5.79. The molecule has 2 rings (SSSR count). The van der Waals surface area contributed by atoms with E-state index in [9.17, 15) is 0 Å². The van der Waals surface area contributed by atoms with Crippen molar-refractivity contribution in [2.24, 2.45) is 0 Å². The molecule has 1 aromatic heterocycles. The molecule has 0 atom stereocenters. The fourth-order valence-corrected chi connectivity index (χ4v) is 1.82. The molecule has 0 saturated heterocycles. The summed E-state index contributed by atoms with van der Waals surface area (Å²) in [6, 6.07) is 7.71. The highest BCUT2D eigenvalue weighted by Gasteiger charge is 2.05. The SMILES string of the molecule is Nc1cccc(-c2nccn2CCCCO)c1. The molecule has 0 unspecified atom stereocenters. The van der Waals surface area contributed by atoms with Gasteiger partial charge in [0.15, 0.2) is 0 Å². The third-order valence-electron chi connectivity index (χ3n) is 2.67. The third-order valence-corrected chi connectivity index (χ3v) is 2.67. The van der Waals surface area contributed by atoms with E-state index >= 15 is 0 Å². The van der Waals surface area contributed by atoms with E-state index in [2.05, 4.69) is 9.55 Å². The number of nitrogens with zero attached hydrogens (tertiary/aromatic N) is 2. The van der Waals surface area contributed by atoms with Crippen molar-refractivity contribution in [3.8, 4) is 11.4 Å². The first-order valence-electron chi connectivity index (χ1n) is 5.79. The van der Waals surface area contributed by atoms with Crippen LogP contribution in [0.15, 0.2) is 36.7 Å². The van der Waals surface area contributed by atoms with Crippen LogP contribution in [0, 0.1) is 0 Å². The molecule has 4 heteroatoms. The Labute approximate surface area is 101 Å². The molecule has 1 aromatic carbocycles. The van der Waals surface area contributed by atoms with Crippen molar-refractivity contribution in [2.75, 3.05) is 12.3 Å². The van der Waals surface area contributed by atoms with Gasteiger partial charge in [-0.25, -0.2) is 4.98 Å². The summed E-state index contributed by atoms with van der Waals surface area (Å²) in [6.07, 6.45) is 5.50. The predicted octanol–water partition coefficient (Wildman–Crippen LogP) is 1.90. The second kappa shape index (κ2) is 5.50. The second-order valence-electron chi connectivity index (χ2n) is 4.00. The number of hydrogen-bond donors (Lipinski definition) is 2. The van der Waals surface area contributed by atoms with Crippen LogP contribution in [-0.2, 0) is 6.54 Å². The van der Waals surface area contributed by atoms with Gasteiger partial charge in [-0.05, 0) is 25.0 Å². The Hall–Kier alpha value is -1.81. The van der Waals surface area contributed by atoms with Gasteiger partial charge in [-0.15, -0.1) is 0 Å². The van der Waals surface area contributed by atoms with Crippen LogP contribution in [0.3, 0.4) is 0 Å². The van der Waals surface area contributed by atoms with Gasteiger partial charge in [-0.3, -0.25) is 0 Å². The monoisotopic (exact) mass is 231 g/mol. The average Bonchev–Trinajstić information content (AvgIpc) is 2.78. The predicted molar refractivity (Wildman–Crippen MR) is 68.4 cm³/mol. The zero-order chi connectivity index (χ0) is 12.1. The normalized spacial score (nSPS) is 10.6. The summed E-state index contributed by atoms with van der Waals surface area (Å²) in [6.45, 7) is 1.10. The lowest BCUT2D eigenvalue weighted by atomic mass is 10.2. The fourth-order valence-electron chi connectivity index (χ4n) is 1.82. The van der Waals surface area contributed by atoms with Crippen molar-refractivity contribution in [3.63, 3.8) is 0 Å². The van der Waals surface area contributed by atoms with E-state index in [1.54, 1.807) is 6.20 Å². The maximum Gasteiger partial charge on any atom is 0.139 e. The molecule has 0 aliphatic carbocycles. The summed E-state index contributed by atoms with van der Waals surface area (Å²) < 4.78 is 2.09. The van der Waals surface area contributed by atoms with Crippen molar-refractivity contribution < 1.29 is 5.11 Å². The van der Waals surface area contributed by atoms with Crippen LogP contribution in [0.4, 0.5) is 5.69 Å². The number of anilines is 1. The summed E-state index contributed by atoms with van der Waals surface area (Å²) in [7, 11) is 0. The Bertz CT molecular complexity index is 479. The highest BCUT2D eigenvalue weighted by atomic mass is 16.2. The van der Waals surface area contributed by atoms with E-state index < -0.39 is 0 Å². The minimum atomic E-state index is 0.238. The van der Waals surface area contributed by atoms with Gasteiger partial charge in [-0.2, -0.15) is 0 Å². The smallest absolute Gasteiger partial charge is 0.139 e. The van der Waals surface area contributed by atoms with Gasteiger partial charge in [0.1, 0.15) is 5.82 Å². The van der Waals surface area contributed by atoms with Crippen LogP contribution in [0.2, 0.25) is 0 Å². The Balaban J connectivity index is 2.18. The number of imidazole rings is 1. The highest BCUT2D eigenvalue weighted by molar-refractivity contribution is 5.61. The number of unbranched alkanes of at least 4 members (excludes halogenated alkanes) is 1. The maximum atomic E-state index is 8.78. The van der Waals surface area contributed by atoms with Crippen molar-refractivity contribution in [1.82, 2.24) is 9.55 Å². The van der Waals surface area contributed by atoms with Gasteiger partial charge in [0.05, 0.1) is 0 Å². The van der Waals surface area contributed by atoms with Crippen LogP contribution < -0.4 is 5.73 Å².